The van der Waals surface area contributed by atoms with Gasteiger partial charge >= 0.3 is 0 Å². The zero-order chi connectivity index (χ0) is 21.0. The summed E-state index contributed by atoms with van der Waals surface area (Å²) in [6.45, 7) is 3.08. The number of sulfonamides is 1. The average Bonchev–Trinajstić information content (AvgIpc) is 2.80. The molecule has 2 saturated heterocycles. The predicted octanol–water partition coefficient (Wildman–Crippen LogP) is 2.35. The SMILES string of the molecule is O=C(Nc1ccncc1)c1cc(S(=O)(=O)N2CCOCC2)ccc1N1CCCCC1. The first kappa shape index (κ1) is 20.8. The topological polar surface area (TPSA) is 91.8 Å². The molecule has 0 unspecified atom stereocenters. The van der Waals surface area contributed by atoms with Gasteiger partial charge in [-0.05, 0) is 49.6 Å². The first-order valence-electron chi connectivity index (χ1n) is 10.2. The summed E-state index contributed by atoms with van der Waals surface area (Å²) in [6.07, 6.45) is 6.47. The van der Waals surface area contributed by atoms with E-state index in [1.807, 2.05) is 0 Å². The van der Waals surface area contributed by atoms with Crippen LogP contribution >= 0.6 is 0 Å². The molecule has 0 bridgehead atoms. The van der Waals surface area contributed by atoms with Crippen LogP contribution in [0.3, 0.4) is 0 Å². The number of aromatic nitrogens is 1. The maximum absolute atomic E-state index is 13.1. The summed E-state index contributed by atoms with van der Waals surface area (Å²) in [7, 11) is -3.69. The molecule has 1 aromatic carbocycles. The minimum absolute atomic E-state index is 0.130. The molecule has 2 aliphatic heterocycles. The number of anilines is 2. The molecule has 1 aromatic heterocycles. The van der Waals surface area contributed by atoms with Crippen LogP contribution in [0.25, 0.3) is 0 Å². The second-order valence-electron chi connectivity index (χ2n) is 7.43. The van der Waals surface area contributed by atoms with Crippen LogP contribution in [0.5, 0.6) is 0 Å². The number of carbonyl (C=O) groups excluding carboxylic acids is 1. The van der Waals surface area contributed by atoms with Crippen molar-refractivity contribution in [3.8, 4) is 0 Å². The van der Waals surface area contributed by atoms with Crippen molar-refractivity contribution in [1.82, 2.24) is 9.29 Å². The number of hydrogen-bond donors (Lipinski definition) is 1. The van der Waals surface area contributed by atoms with Crippen molar-refractivity contribution in [2.45, 2.75) is 24.2 Å². The van der Waals surface area contributed by atoms with Gasteiger partial charge in [0.1, 0.15) is 0 Å². The smallest absolute Gasteiger partial charge is 0.257 e. The van der Waals surface area contributed by atoms with E-state index in [-0.39, 0.29) is 10.8 Å². The second-order valence-corrected chi connectivity index (χ2v) is 9.37. The number of rotatable bonds is 5. The molecular formula is C21H26N4O4S. The minimum Gasteiger partial charge on any atom is -0.379 e. The third-order valence-electron chi connectivity index (χ3n) is 5.46. The Bertz CT molecular complexity index is 985. The molecule has 8 nitrogen and oxygen atoms in total. The standard InChI is InChI=1S/C21H26N4O4S/c26-21(23-17-6-8-22-9-7-17)19-16-18(30(27,28)25-12-14-29-15-13-25)4-5-20(19)24-10-2-1-3-11-24/h4-9,16H,1-3,10-15H2,(H,22,23,26). The average molecular weight is 431 g/mol. The van der Waals surface area contributed by atoms with Gasteiger partial charge in [0.2, 0.25) is 10.0 Å². The molecule has 4 rings (SSSR count). The fourth-order valence-electron chi connectivity index (χ4n) is 3.84. The highest BCUT2D eigenvalue weighted by Crippen LogP contribution is 2.29. The number of piperidine rings is 1. The fraction of sp³-hybridized carbons (Fsp3) is 0.429. The summed E-state index contributed by atoms with van der Waals surface area (Å²) in [6, 6.07) is 8.28. The summed E-state index contributed by atoms with van der Waals surface area (Å²) in [5, 5.41) is 2.86. The molecule has 0 saturated carbocycles. The Morgan fingerprint density at radius 3 is 2.37 bits per heavy atom. The van der Waals surface area contributed by atoms with Gasteiger partial charge in [0, 0.05) is 49.9 Å². The highest BCUT2D eigenvalue weighted by atomic mass is 32.2. The summed E-state index contributed by atoms with van der Waals surface area (Å²) >= 11 is 0. The van der Waals surface area contributed by atoms with E-state index in [9.17, 15) is 13.2 Å². The van der Waals surface area contributed by atoms with E-state index in [0.29, 0.717) is 37.6 Å². The molecule has 9 heteroatoms. The molecule has 0 spiro atoms. The molecule has 3 heterocycles. The van der Waals surface area contributed by atoms with Crippen LogP contribution < -0.4 is 10.2 Å². The van der Waals surface area contributed by atoms with Crippen LogP contribution in [0.1, 0.15) is 29.6 Å². The molecule has 30 heavy (non-hydrogen) atoms. The van der Waals surface area contributed by atoms with Crippen LogP contribution in [0, 0.1) is 0 Å². The van der Waals surface area contributed by atoms with Gasteiger partial charge in [0.05, 0.1) is 23.7 Å². The predicted molar refractivity (Wildman–Crippen MR) is 114 cm³/mol. The molecule has 160 valence electrons. The van der Waals surface area contributed by atoms with Gasteiger partial charge in [0.25, 0.3) is 5.91 Å². The first-order chi connectivity index (χ1) is 14.6. The normalized spacial score (nSPS) is 18.2. The summed E-state index contributed by atoms with van der Waals surface area (Å²) in [5.41, 5.74) is 1.74. The summed E-state index contributed by atoms with van der Waals surface area (Å²) < 4.78 is 32.9. The maximum Gasteiger partial charge on any atom is 0.257 e. The van der Waals surface area contributed by atoms with Crippen LogP contribution in [0.4, 0.5) is 11.4 Å². The van der Waals surface area contributed by atoms with Crippen LogP contribution in [0.2, 0.25) is 0 Å². The minimum atomic E-state index is -3.69. The van der Waals surface area contributed by atoms with Crippen molar-refractivity contribution in [1.29, 1.82) is 0 Å². The number of amides is 1. The highest BCUT2D eigenvalue weighted by molar-refractivity contribution is 7.89. The molecule has 2 aliphatic rings. The lowest BCUT2D eigenvalue weighted by molar-refractivity contribution is 0.0730. The third kappa shape index (κ3) is 4.48. The summed E-state index contributed by atoms with van der Waals surface area (Å²) in [5.74, 6) is -0.333. The Labute approximate surface area is 176 Å². The van der Waals surface area contributed by atoms with E-state index in [2.05, 4.69) is 15.2 Å². The lowest BCUT2D eigenvalue weighted by Gasteiger charge is -2.31. The molecule has 0 radical (unpaired) electrons. The van der Waals surface area contributed by atoms with E-state index in [4.69, 9.17) is 4.74 Å². The fourth-order valence-corrected chi connectivity index (χ4v) is 5.27. The number of hydrogen-bond acceptors (Lipinski definition) is 6. The molecule has 0 aliphatic carbocycles. The van der Waals surface area contributed by atoms with E-state index in [1.54, 1.807) is 36.7 Å². The lowest BCUT2D eigenvalue weighted by atomic mass is 10.1. The van der Waals surface area contributed by atoms with Crippen molar-refractivity contribution in [2.24, 2.45) is 0 Å². The van der Waals surface area contributed by atoms with E-state index in [1.165, 1.54) is 16.8 Å². The number of morpholine rings is 1. The van der Waals surface area contributed by atoms with Gasteiger partial charge < -0.3 is 15.0 Å². The third-order valence-corrected chi connectivity index (χ3v) is 7.35. The molecular weight excluding hydrogens is 404 g/mol. The van der Waals surface area contributed by atoms with Gasteiger partial charge in [0.15, 0.2) is 0 Å². The Hall–Kier alpha value is -2.49. The van der Waals surface area contributed by atoms with Crippen LogP contribution in [0.15, 0.2) is 47.6 Å². The van der Waals surface area contributed by atoms with Gasteiger partial charge in [-0.25, -0.2) is 8.42 Å². The van der Waals surface area contributed by atoms with Crippen molar-refractivity contribution < 1.29 is 17.9 Å². The molecule has 1 amide bonds. The van der Waals surface area contributed by atoms with Gasteiger partial charge in [-0.15, -0.1) is 0 Å². The first-order valence-corrected chi connectivity index (χ1v) is 11.7. The van der Waals surface area contributed by atoms with Crippen molar-refractivity contribution in [2.75, 3.05) is 49.6 Å². The number of benzene rings is 1. The van der Waals surface area contributed by atoms with Crippen LogP contribution in [-0.4, -0.2) is 63.0 Å². The lowest BCUT2D eigenvalue weighted by Crippen LogP contribution is -2.40. The van der Waals surface area contributed by atoms with Crippen molar-refractivity contribution >= 4 is 27.3 Å². The second kappa shape index (κ2) is 9.11. The zero-order valence-corrected chi connectivity index (χ0v) is 17.6. The molecule has 2 fully saturated rings. The number of carbonyl (C=O) groups is 1. The van der Waals surface area contributed by atoms with Crippen molar-refractivity contribution in [3.05, 3.63) is 48.3 Å². The monoisotopic (exact) mass is 430 g/mol. The Kier molecular flexibility index (Phi) is 6.31. The quantitative estimate of drug-likeness (QED) is 0.783. The number of ether oxygens (including phenoxy) is 1. The van der Waals surface area contributed by atoms with E-state index >= 15 is 0 Å². The number of pyridine rings is 1. The highest BCUT2D eigenvalue weighted by Gasteiger charge is 2.29. The van der Waals surface area contributed by atoms with Gasteiger partial charge in [-0.1, -0.05) is 0 Å². The Balaban J connectivity index is 1.70. The van der Waals surface area contributed by atoms with Crippen LogP contribution in [-0.2, 0) is 14.8 Å². The molecule has 1 N–H and O–H groups in total. The number of nitrogens with zero attached hydrogens (tertiary/aromatic N) is 3. The number of nitrogens with one attached hydrogen (secondary N) is 1. The van der Waals surface area contributed by atoms with E-state index in [0.717, 1.165) is 31.6 Å². The Morgan fingerprint density at radius 2 is 1.67 bits per heavy atom. The van der Waals surface area contributed by atoms with E-state index < -0.39 is 10.0 Å². The largest absolute Gasteiger partial charge is 0.379 e. The van der Waals surface area contributed by atoms with Gasteiger partial charge in [-0.3, -0.25) is 9.78 Å². The molecule has 0 atom stereocenters. The van der Waals surface area contributed by atoms with Gasteiger partial charge in [-0.2, -0.15) is 4.31 Å². The molecule has 2 aromatic rings. The van der Waals surface area contributed by atoms with Crippen molar-refractivity contribution in [3.63, 3.8) is 0 Å². The zero-order valence-electron chi connectivity index (χ0n) is 16.8. The maximum atomic E-state index is 13.1. The summed E-state index contributed by atoms with van der Waals surface area (Å²) in [4.78, 5) is 19.4. The Morgan fingerprint density at radius 1 is 0.967 bits per heavy atom.